The molecule has 122 valence electrons. The molecule has 2 fully saturated rings. The van der Waals surface area contributed by atoms with Gasteiger partial charge in [0.15, 0.2) is 0 Å². The Morgan fingerprint density at radius 3 is 2.33 bits per heavy atom. The van der Waals surface area contributed by atoms with Crippen molar-refractivity contribution in [2.75, 3.05) is 13.1 Å². The number of hydrogen-bond donors (Lipinski definition) is 2. The maximum atomic E-state index is 12.7. The average molecular weight is 295 g/mol. The summed E-state index contributed by atoms with van der Waals surface area (Å²) in [6.45, 7) is 5.84. The molecule has 0 spiro atoms. The normalized spacial score (nSPS) is 29.8. The first-order chi connectivity index (χ1) is 10.1. The second kappa shape index (κ2) is 7.48. The highest BCUT2D eigenvalue weighted by atomic mass is 16.2. The van der Waals surface area contributed by atoms with E-state index >= 15 is 0 Å². The summed E-state index contributed by atoms with van der Waals surface area (Å²) in [6.07, 6.45) is 10.3. The van der Waals surface area contributed by atoms with E-state index in [1.807, 2.05) is 0 Å². The van der Waals surface area contributed by atoms with Gasteiger partial charge in [0.2, 0.25) is 0 Å². The lowest BCUT2D eigenvalue weighted by Gasteiger charge is -2.48. The van der Waals surface area contributed by atoms with E-state index in [-0.39, 0.29) is 11.6 Å². The summed E-state index contributed by atoms with van der Waals surface area (Å²) in [5, 5.41) is 3.21. The van der Waals surface area contributed by atoms with Crippen molar-refractivity contribution in [3.05, 3.63) is 0 Å². The van der Waals surface area contributed by atoms with Crippen LogP contribution in [0.5, 0.6) is 0 Å². The Morgan fingerprint density at radius 2 is 1.90 bits per heavy atom. The zero-order valence-electron chi connectivity index (χ0n) is 13.9. The maximum Gasteiger partial charge on any atom is 0.318 e. The van der Waals surface area contributed by atoms with Crippen molar-refractivity contribution in [3.63, 3.8) is 0 Å². The quantitative estimate of drug-likeness (QED) is 0.790. The summed E-state index contributed by atoms with van der Waals surface area (Å²) < 4.78 is 0. The van der Waals surface area contributed by atoms with Gasteiger partial charge in [-0.05, 0) is 57.3 Å². The van der Waals surface area contributed by atoms with E-state index in [9.17, 15) is 4.79 Å². The van der Waals surface area contributed by atoms with E-state index in [1.165, 1.54) is 25.7 Å². The Morgan fingerprint density at radius 1 is 1.24 bits per heavy atom. The van der Waals surface area contributed by atoms with Crippen molar-refractivity contribution in [3.8, 4) is 0 Å². The summed E-state index contributed by atoms with van der Waals surface area (Å²) in [6, 6.07) is 0.528. The number of urea groups is 1. The van der Waals surface area contributed by atoms with Gasteiger partial charge in [-0.3, -0.25) is 0 Å². The number of rotatable bonds is 6. The summed E-state index contributed by atoms with van der Waals surface area (Å²) in [5.74, 6) is 0.822. The highest BCUT2D eigenvalue weighted by molar-refractivity contribution is 5.75. The van der Waals surface area contributed by atoms with E-state index < -0.39 is 0 Å². The standard InChI is InChI=1S/C17H33N3O/c1-3-12-20(16(21)19-15-6-5-7-15)17(13-18)10-8-14(4-2)9-11-17/h14-15H,3-13,18H2,1-2H3,(H,19,21). The van der Waals surface area contributed by atoms with Crippen LogP contribution in [0.3, 0.4) is 0 Å². The van der Waals surface area contributed by atoms with E-state index in [1.54, 1.807) is 0 Å². The van der Waals surface area contributed by atoms with Crippen LogP contribution in [-0.2, 0) is 0 Å². The predicted molar refractivity (Wildman–Crippen MR) is 87.2 cm³/mol. The number of hydrogen-bond acceptors (Lipinski definition) is 2. The van der Waals surface area contributed by atoms with Crippen LogP contribution in [0.4, 0.5) is 4.79 Å². The molecule has 2 amide bonds. The Bertz CT molecular complexity index is 333. The molecule has 0 aromatic rings. The van der Waals surface area contributed by atoms with Gasteiger partial charge in [0.05, 0.1) is 5.54 Å². The van der Waals surface area contributed by atoms with Crippen LogP contribution in [0.25, 0.3) is 0 Å². The van der Waals surface area contributed by atoms with Crippen molar-refractivity contribution < 1.29 is 4.79 Å². The van der Waals surface area contributed by atoms with Gasteiger partial charge in [-0.25, -0.2) is 4.79 Å². The second-order valence-corrected chi connectivity index (χ2v) is 7.01. The third-order valence-electron chi connectivity index (χ3n) is 5.69. The Hall–Kier alpha value is -0.770. The lowest BCUT2D eigenvalue weighted by molar-refractivity contribution is 0.0647. The minimum Gasteiger partial charge on any atom is -0.335 e. The summed E-state index contributed by atoms with van der Waals surface area (Å²) in [4.78, 5) is 14.8. The molecule has 0 saturated heterocycles. The molecule has 2 aliphatic carbocycles. The lowest BCUT2D eigenvalue weighted by Crippen LogP contribution is -2.61. The number of nitrogens with zero attached hydrogens (tertiary/aromatic N) is 1. The molecule has 0 aromatic heterocycles. The summed E-state index contributed by atoms with van der Waals surface area (Å²) in [5.41, 5.74) is 6.05. The van der Waals surface area contributed by atoms with Crippen LogP contribution in [0, 0.1) is 5.92 Å². The molecule has 3 N–H and O–H groups in total. The fourth-order valence-electron chi connectivity index (χ4n) is 3.79. The van der Waals surface area contributed by atoms with Gasteiger partial charge >= 0.3 is 6.03 Å². The van der Waals surface area contributed by atoms with Crippen molar-refractivity contribution >= 4 is 6.03 Å². The Labute approximate surface area is 129 Å². The highest BCUT2D eigenvalue weighted by Gasteiger charge is 2.41. The predicted octanol–water partition coefficient (Wildman–Crippen LogP) is 3.26. The van der Waals surface area contributed by atoms with Gasteiger partial charge < -0.3 is 16.0 Å². The first-order valence-corrected chi connectivity index (χ1v) is 8.93. The summed E-state index contributed by atoms with van der Waals surface area (Å²) >= 11 is 0. The number of carbonyl (C=O) groups excluding carboxylic acids is 1. The number of carbonyl (C=O) groups is 1. The molecule has 2 aliphatic rings. The highest BCUT2D eigenvalue weighted by Crippen LogP contribution is 2.37. The van der Waals surface area contributed by atoms with Gasteiger partial charge in [0, 0.05) is 19.1 Å². The molecule has 0 aromatic carbocycles. The second-order valence-electron chi connectivity index (χ2n) is 7.01. The van der Waals surface area contributed by atoms with E-state index in [0.29, 0.717) is 12.6 Å². The SMILES string of the molecule is CCCN(C(=O)NC1CCC1)C1(CN)CCC(CC)CC1. The first-order valence-electron chi connectivity index (χ1n) is 8.93. The van der Waals surface area contributed by atoms with Gasteiger partial charge in [0.25, 0.3) is 0 Å². The molecular weight excluding hydrogens is 262 g/mol. The fraction of sp³-hybridized carbons (Fsp3) is 0.941. The van der Waals surface area contributed by atoms with Gasteiger partial charge in [-0.2, -0.15) is 0 Å². The van der Waals surface area contributed by atoms with Gasteiger partial charge in [-0.15, -0.1) is 0 Å². The molecule has 0 atom stereocenters. The van der Waals surface area contributed by atoms with Crippen LogP contribution in [0.15, 0.2) is 0 Å². The molecule has 0 bridgehead atoms. The number of nitrogens with two attached hydrogens (primary N) is 1. The van der Waals surface area contributed by atoms with Gasteiger partial charge in [0.1, 0.15) is 0 Å². The zero-order valence-corrected chi connectivity index (χ0v) is 13.9. The van der Waals surface area contributed by atoms with E-state index in [0.717, 1.165) is 44.6 Å². The number of nitrogens with one attached hydrogen (secondary N) is 1. The van der Waals surface area contributed by atoms with Crippen molar-refractivity contribution in [1.29, 1.82) is 0 Å². The van der Waals surface area contributed by atoms with Crippen LogP contribution in [0.1, 0.15) is 71.6 Å². The van der Waals surface area contributed by atoms with Crippen LogP contribution >= 0.6 is 0 Å². The molecule has 21 heavy (non-hydrogen) atoms. The Balaban J connectivity index is 2.04. The number of amides is 2. The van der Waals surface area contributed by atoms with Crippen molar-refractivity contribution in [2.45, 2.75) is 83.2 Å². The smallest absolute Gasteiger partial charge is 0.318 e. The molecular formula is C17H33N3O. The Kier molecular flexibility index (Phi) is 5.91. The molecule has 0 radical (unpaired) electrons. The largest absolute Gasteiger partial charge is 0.335 e. The van der Waals surface area contributed by atoms with Crippen LogP contribution in [0.2, 0.25) is 0 Å². The van der Waals surface area contributed by atoms with Crippen LogP contribution in [-0.4, -0.2) is 35.6 Å². The van der Waals surface area contributed by atoms with Gasteiger partial charge in [-0.1, -0.05) is 20.3 Å². The maximum absolute atomic E-state index is 12.7. The third kappa shape index (κ3) is 3.71. The molecule has 2 rings (SSSR count). The van der Waals surface area contributed by atoms with E-state index in [4.69, 9.17) is 5.73 Å². The molecule has 0 unspecified atom stereocenters. The topological polar surface area (TPSA) is 58.4 Å². The summed E-state index contributed by atoms with van der Waals surface area (Å²) in [7, 11) is 0. The molecule has 4 heteroatoms. The average Bonchev–Trinajstić information content (AvgIpc) is 2.48. The molecule has 0 aliphatic heterocycles. The lowest BCUT2D eigenvalue weighted by atomic mass is 9.74. The minimum atomic E-state index is -0.102. The van der Waals surface area contributed by atoms with Crippen molar-refractivity contribution in [2.24, 2.45) is 11.7 Å². The van der Waals surface area contributed by atoms with Crippen molar-refractivity contribution in [1.82, 2.24) is 10.2 Å². The van der Waals surface area contributed by atoms with E-state index in [2.05, 4.69) is 24.1 Å². The molecule has 4 nitrogen and oxygen atoms in total. The molecule has 2 saturated carbocycles. The van der Waals surface area contributed by atoms with Crippen LogP contribution < -0.4 is 11.1 Å². The first kappa shape index (κ1) is 16.6. The molecule has 0 heterocycles. The zero-order chi connectivity index (χ0) is 15.3. The third-order valence-corrected chi connectivity index (χ3v) is 5.69. The monoisotopic (exact) mass is 295 g/mol. The minimum absolute atomic E-state index is 0.102. The fourth-order valence-corrected chi connectivity index (χ4v) is 3.79.